The van der Waals surface area contributed by atoms with Crippen LogP contribution in [-0.2, 0) is 6.54 Å². The summed E-state index contributed by atoms with van der Waals surface area (Å²) < 4.78 is 28.0. The highest BCUT2D eigenvalue weighted by molar-refractivity contribution is 5.78. The number of carbonyl (C=O) groups excluding carboxylic acids is 1. The second kappa shape index (κ2) is 4.68. The molecule has 0 fully saturated rings. The number of hydrogen-bond donors (Lipinski definition) is 0. The number of rotatable bonds is 3. The summed E-state index contributed by atoms with van der Waals surface area (Å²) in [6, 6.07) is 3.28. The van der Waals surface area contributed by atoms with Crippen LogP contribution in [0, 0.1) is 25.5 Å². The summed E-state index contributed by atoms with van der Waals surface area (Å²) in [5, 5.41) is 4.14. The predicted molar refractivity (Wildman–Crippen MR) is 62.5 cm³/mol. The van der Waals surface area contributed by atoms with Crippen LogP contribution in [-0.4, -0.2) is 16.1 Å². The maximum Gasteiger partial charge on any atom is 0.153 e. The summed E-state index contributed by atoms with van der Waals surface area (Å²) in [4.78, 5) is 10.8. The van der Waals surface area contributed by atoms with E-state index < -0.39 is 11.6 Å². The number of hydrogen-bond acceptors (Lipinski definition) is 2. The first kappa shape index (κ1) is 12.4. The van der Waals surface area contributed by atoms with Gasteiger partial charge in [-0.15, -0.1) is 0 Å². The molecule has 0 saturated heterocycles. The minimum atomic E-state index is -0.497. The van der Waals surface area contributed by atoms with Crippen molar-refractivity contribution in [3.8, 4) is 0 Å². The van der Waals surface area contributed by atoms with Crippen molar-refractivity contribution in [1.29, 1.82) is 0 Å². The first-order chi connectivity index (χ1) is 8.52. The SMILES string of the molecule is Cc1nn(Cc2cc(F)ccc2F)c(C)c1C=O. The minimum Gasteiger partial charge on any atom is -0.298 e. The minimum absolute atomic E-state index is 0.101. The van der Waals surface area contributed by atoms with Gasteiger partial charge in [-0.3, -0.25) is 9.48 Å². The lowest BCUT2D eigenvalue weighted by Crippen LogP contribution is -2.06. The van der Waals surface area contributed by atoms with Crippen molar-refractivity contribution in [3.05, 3.63) is 52.3 Å². The van der Waals surface area contributed by atoms with E-state index in [1.54, 1.807) is 13.8 Å². The molecule has 0 bridgehead atoms. The first-order valence-corrected chi connectivity index (χ1v) is 5.46. The van der Waals surface area contributed by atoms with Gasteiger partial charge in [-0.05, 0) is 32.0 Å². The van der Waals surface area contributed by atoms with Gasteiger partial charge in [-0.2, -0.15) is 5.10 Å². The van der Waals surface area contributed by atoms with Crippen LogP contribution < -0.4 is 0 Å². The van der Waals surface area contributed by atoms with Crippen molar-refractivity contribution < 1.29 is 13.6 Å². The summed E-state index contributed by atoms with van der Waals surface area (Å²) in [7, 11) is 0. The van der Waals surface area contributed by atoms with E-state index in [1.807, 2.05) is 0 Å². The molecule has 0 radical (unpaired) electrons. The highest BCUT2D eigenvalue weighted by Crippen LogP contribution is 2.15. The van der Waals surface area contributed by atoms with E-state index in [4.69, 9.17) is 0 Å². The molecule has 1 aromatic carbocycles. The standard InChI is InChI=1S/C13H12F2N2O/c1-8-12(7-18)9(2)17(16-8)6-10-5-11(14)3-4-13(10)15/h3-5,7H,6H2,1-2H3. The third kappa shape index (κ3) is 2.16. The number of benzene rings is 1. The van der Waals surface area contributed by atoms with Gasteiger partial charge < -0.3 is 0 Å². The summed E-state index contributed by atoms with van der Waals surface area (Å²) in [5.41, 5.74) is 1.93. The third-order valence-corrected chi connectivity index (χ3v) is 2.88. The van der Waals surface area contributed by atoms with Gasteiger partial charge in [-0.1, -0.05) is 0 Å². The molecule has 0 aliphatic carbocycles. The molecule has 2 rings (SSSR count). The molecular weight excluding hydrogens is 238 g/mol. The zero-order valence-electron chi connectivity index (χ0n) is 10.1. The van der Waals surface area contributed by atoms with Gasteiger partial charge in [0.05, 0.1) is 17.8 Å². The molecule has 0 atom stereocenters. The highest BCUT2D eigenvalue weighted by atomic mass is 19.1. The Hall–Kier alpha value is -2.04. The molecular formula is C13H12F2N2O. The highest BCUT2D eigenvalue weighted by Gasteiger charge is 2.12. The van der Waals surface area contributed by atoms with Crippen molar-refractivity contribution in [2.45, 2.75) is 20.4 Å². The number of carbonyl (C=O) groups is 1. The lowest BCUT2D eigenvalue weighted by atomic mass is 10.2. The normalized spacial score (nSPS) is 10.7. The quantitative estimate of drug-likeness (QED) is 0.785. The van der Waals surface area contributed by atoms with Gasteiger partial charge in [0.2, 0.25) is 0 Å². The van der Waals surface area contributed by atoms with E-state index in [9.17, 15) is 13.6 Å². The van der Waals surface area contributed by atoms with E-state index >= 15 is 0 Å². The average Bonchev–Trinajstić information content (AvgIpc) is 2.59. The van der Waals surface area contributed by atoms with Crippen LogP contribution in [0.4, 0.5) is 8.78 Å². The molecule has 0 saturated carbocycles. The molecule has 5 heteroatoms. The molecule has 1 heterocycles. The lowest BCUT2D eigenvalue weighted by molar-refractivity contribution is 0.112. The van der Waals surface area contributed by atoms with Gasteiger partial charge in [0.1, 0.15) is 11.6 Å². The monoisotopic (exact) mass is 250 g/mol. The fraction of sp³-hybridized carbons (Fsp3) is 0.231. The molecule has 0 amide bonds. The second-order valence-electron chi connectivity index (χ2n) is 4.10. The average molecular weight is 250 g/mol. The molecule has 0 aliphatic rings. The molecule has 0 N–H and O–H groups in total. The van der Waals surface area contributed by atoms with Crippen LogP contribution in [0.1, 0.15) is 27.3 Å². The molecule has 3 nitrogen and oxygen atoms in total. The van der Waals surface area contributed by atoms with Crippen LogP contribution in [0.3, 0.4) is 0 Å². The van der Waals surface area contributed by atoms with E-state index in [1.165, 1.54) is 4.68 Å². The molecule has 2 aromatic rings. The van der Waals surface area contributed by atoms with Crippen LogP contribution in [0.15, 0.2) is 18.2 Å². The number of halogens is 2. The smallest absolute Gasteiger partial charge is 0.153 e. The zero-order valence-corrected chi connectivity index (χ0v) is 10.1. The van der Waals surface area contributed by atoms with Gasteiger partial charge in [-0.25, -0.2) is 8.78 Å². The Kier molecular flexibility index (Phi) is 3.23. The van der Waals surface area contributed by atoms with Crippen LogP contribution in [0.2, 0.25) is 0 Å². The van der Waals surface area contributed by atoms with Crippen molar-refractivity contribution in [2.75, 3.05) is 0 Å². The Morgan fingerprint density at radius 2 is 2.06 bits per heavy atom. The molecule has 0 unspecified atom stereocenters. The van der Waals surface area contributed by atoms with Gasteiger partial charge >= 0.3 is 0 Å². The first-order valence-electron chi connectivity index (χ1n) is 5.46. The van der Waals surface area contributed by atoms with E-state index in [0.717, 1.165) is 24.5 Å². The Balaban J connectivity index is 2.40. The second-order valence-corrected chi connectivity index (χ2v) is 4.10. The Bertz CT molecular complexity index is 605. The largest absolute Gasteiger partial charge is 0.298 e. The fourth-order valence-corrected chi connectivity index (χ4v) is 1.86. The summed E-state index contributed by atoms with van der Waals surface area (Å²) >= 11 is 0. The lowest BCUT2D eigenvalue weighted by Gasteiger charge is -2.06. The maximum absolute atomic E-state index is 13.5. The summed E-state index contributed by atoms with van der Waals surface area (Å²) in [6.45, 7) is 3.53. The Labute approximate surface area is 103 Å². The van der Waals surface area contributed by atoms with E-state index in [-0.39, 0.29) is 12.1 Å². The zero-order chi connectivity index (χ0) is 13.3. The molecule has 94 valence electrons. The third-order valence-electron chi connectivity index (χ3n) is 2.88. The Morgan fingerprint density at radius 1 is 1.33 bits per heavy atom. The number of aldehydes is 1. The number of aryl methyl sites for hydroxylation is 1. The van der Waals surface area contributed by atoms with Crippen molar-refractivity contribution in [2.24, 2.45) is 0 Å². The van der Waals surface area contributed by atoms with Crippen molar-refractivity contribution in [3.63, 3.8) is 0 Å². The number of aromatic nitrogens is 2. The molecule has 0 spiro atoms. The summed E-state index contributed by atoms with van der Waals surface area (Å²) in [6.07, 6.45) is 0.718. The topological polar surface area (TPSA) is 34.9 Å². The van der Waals surface area contributed by atoms with Gasteiger partial charge in [0.25, 0.3) is 0 Å². The van der Waals surface area contributed by atoms with E-state index in [0.29, 0.717) is 17.0 Å². The van der Waals surface area contributed by atoms with E-state index in [2.05, 4.69) is 5.10 Å². The fourth-order valence-electron chi connectivity index (χ4n) is 1.86. The maximum atomic E-state index is 13.5. The van der Waals surface area contributed by atoms with Crippen LogP contribution in [0.5, 0.6) is 0 Å². The van der Waals surface area contributed by atoms with Crippen LogP contribution in [0.25, 0.3) is 0 Å². The van der Waals surface area contributed by atoms with Crippen LogP contribution >= 0.6 is 0 Å². The molecule has 0 aliphatic heterocycles. The predicted octanol–water partition coefficient (Wildman–Crippen LogP) is 2.64. The number of nitrogens with zero attached hydrogens (tertiary/aromatic N) is 2. The van der Waals surface area contributed by atoms with Gasteiger partial charge in [0.15, 0.2) is 6.29 Å². The summed E-state index contributed by atoms with van der Waals surface area (Å²) in [5.74, 6) is -0.986. The Morgan fingerprint density at radius 3 is 2.67 bits per heavy atom. The molecule has 1 aromatic heterocycles. The van der Waals surface area contributed by atoms with Crippen molar-refractivity contribution >= 4 is 6.29 Å². The van der Waals surface area contributed by atoms with Crippen molar-refractivity contribution in [1.82, 2.24) is 9.78 Å². The van der Waals surface area contributed by atoms with Gasteiger partial charge in [0, 0.05) is 11.3 Å². The molecule has 18 heavy (non-hydrogen) atoms.